The van der Waals surface area contributed by atoms with Gasteiger partial charge in [0.2, 0.25) is 0 Å². The summed E-state index contributed by atoms with van der Waals surface area (Å²) in [5.41, 5.74) is 1.50. The largest absolute Gasteiger partial charge is 0.469 e. The maximum Gasteiger partial charge on any atom is 0.306 e. The van der Waals surface area contributed by atoms with Crippen LogP contribution in [0.3, 0.4) is 0 Å². The van der Waals surface area contributed by atoms with Crippen LogP contribution in [0.2, 0.25) is 0 Å². The fourth-order valence-electron chi connectivity index (χ4n) is 1.87. The first-order valence-electron chi connectivity index (χ1n) is 5.92. The molecule has 5 heteroatoms. The maximum absolute atomic E-state index is 11.1. The minimum atomic E-state index is -0.183. The van der Waals surface area contributed by atoms with Crippen LogP contribution >= 0.6 is 11.6 Å². The van der Waals surface area contributed by atoms with Crippen LogP contribution in [0.5, 0.6) is 0 Å². The Balaban J connectivity index is 2.33. The predicted octanol–water partition coefficient (Wildman–Crippen LogP) is 1.78. The Labute approximate surface area is 108 Å². The summed E-state index contributed by atoms with van der Waals surface area (Å²) in [7, 11) is 1.41. The molecule has 0 N–H and O–H groups in total. The van der Waals surface area contributed by atoms with E-state index in [1.54, 1.807) is 0 Å². The zero-order valence-corrected chi connectivity index (χ0v) is 11.0. The van der Waals surface area contributed by atoms with Crippen molar-refractivity contribution < 1.29 is 14.3 Å². The molecule has 1 atom stereocenters. The second-order valence-corrected chi connectivity index (χ2v) is 4.33. The van der Waals surface area contributed by atoms with Crippen LogP contribution in [-0.2, 0) is 14.3 Å². The normalized spacial score (nSPS) is 20.3. The predicted molar refractivity (Wildman–Crippen MR) is 67.0 cm³/mol. The molecule has 0 amide bonds. The Morgan fingerprint density at radius 2 is 2.47 bits per heavy atom. The van der Waals surface area contributed by atoms with Crippen molar-refractivity contribution in [2.24, 2.45) is 0 Å². The van der Waals surface area contributed by atoms with Crippen molar-refractivity contribution in [2.45, 2.75) is 25.4 Å². The van der Waals surface area contributed by atoms with E-state index in [0.717, 1.165) is 32.5 Å². The van der Waals surface area contributed by atoms with Gasteiger partial charge in [0.25, 0.3) is 0 Å². The Hall–Kier alpha value is -0.580. The molecule has 0 saturated carbocycles. The molecule has 0 aromatic rings. The summed E-state index contributed by atoms with van der Waals surface area (Å²) in [5.74, 6) is -0.183. The van der Waals surface area contributed by atoms with Gasteiger partial charge in [0.1, 0.15) is 0 Å². The minimum Gasteiger partial charge on any atom is -0.469 e. The summed E-state index contributed by atoms with van der Waals surface area (Å²) in [6.07, 6.45) is 4.78. The lowest BCUT2D eigenvalue weighted by atomic mass is 10.2. The van der Waals surface area contributed by atoms with Crippen molar-refractivity contribution in [3.8, 4) is 0 Å². The van der Waals surface area contributed by atoms with E-state index < -0.39 is 0 Å². The first kappa shape index (κ1) is 14.5. The van der Waals surface area contributed by atoms with Crippen LogP contribution in [0.25, 0.3) is 0 Å². The first-order chi connectivity index (χ1) is 8.26. The summed E-state index contributed by atoms with van der Waals surface area (Å²) in [5, 5.41) is 0. The fraction of sp³-hybridized carbons (Fsp3) is 0.750. The minimum absolute atomic E-state index is 0.183. The number of halogens is 1. The van der Waals surface area contributed by atoms with E-state index in [2.05, 4.69) is 9.64 Å². The zero-order chi connectivity index (χ0) is 12.5. The Bertz CT molecular complexity index is 252. The SMILES string of the molecule is COC(=O)CCN(C/C=C/Cl)CC1CCCO1. The monoisotopic (exact) mass is 261 g/mol. The van der Waals surface area contributed by atoms with Crippen molar-refractivity contribution in [3.63, 3.8) is 0 Å². The van der Waals surface area contributed by atoms with Gasteiger partial charge in [0.15, 0.2) is 0 Å². The van der Waals surface area contributed by atoms with Crippen molar-refractivity contribution in [3.05, 3.63) is 11.6 Å². The van der Waals surface area contributed by atoms with Crippen molar-refractivity contribution in [2.75, 3.05) is 33.4 Å². The van der Waals surface area contributed by atoms with Gasteiger partial charge in [0, 0.05) is 31.8 Å². The Kier molecular flexibility index (Phi) is 7.24. The highest BCUT2D eigenvalue weighted by molar-refractivity contribution is 6.25. The lowest BCUT2D eigenvalue weighted by Crippen LogP contribution is -2.34. The van der Waals surface area contributed by atoms with Crippen LogP contribution in [0.4, 0.5) is 0 Å². The molecular formula is C12H20ClNO3. The molecule has 0 spiro atoms. The van der Waals surface area contributed by atoms with Gasteiger partial charge in [-0.25, -0.2) is 0 Å². The second-order valence-electron chi connectivity index (χ2n) is 4.08. The quantitative estimate of drug-likeness (QED) is 0.655. The molecule has 1 aliphatic heterocycles. The standard InChI is InChI=1S/C12H20ClNO3/c1-16-12(15)5-8-14(7-3-6-13)10-11-4-2-9-17-11/h3,6,11H,2,4-5,7-10H2,1H3/b6-3+. The van der Waals surface area contributed by atoms with Gasteiger partial charge >= 0.3 is 5.97 Å². The van der Waals surface area contributed by atoms with E-state index in [0.29, 0.717) is 13.0 Å². The third kappa shape index (κ3) is 6.05. The molecule has 1 unspecified atom stereocenters. The zero-order valence-electron chi connectivity index (χ0n) is 10.2. The summed E-state index contributed by atoms with van der Waals surface area (Å²) >= 11 is 5.52. The van der Waals surface area contributed by atoms with Crippen molar-refractivity contribution in [1.29, 1.82) is 0 Å². The van der Waals surface area contributed by atoms with Crippen LogP contribution < -0.4 is 0 Å². The van der Waals surface area contributed by atoms with E-state index in [1.165, 1.54) is 12.6 Å². The smallest absolute Gasteiger partial charge is 0.306 e. The van der Waals surface area contributed by atoms with E-state index >= 15 is 0 Å². The summed E-state index contributed by atoms with van der Waals surface area (Å²) < 4.78 is 10.2. The van der Waals surface area contributed by atoms with E-state index in [1.807, 2.05) is 6.08 Å². The average molecular weight is 262 g/mol. The molecule has 0 radical (unpaired) electrons. The molecule has 1 aliphatic rings. The summed E-state index contributed by atoms with van der Waals surface area (Å²) in [6.45, 7) is 3.10. The Morgan fingerprint density at radius 3 is 3.06 bits per heavy atom. The van der Waals surface area contributed by atoms with Crippen LogP contribution in [0, 0.1) is 0 Å². The fourth-order valence-corrected chi connectivity index (χ4v) is 1.95. The third-order valence-electron chi connectivity index (χ3n) is 2.80. The van der Waals surface area contributed by atoms with Gasteiger partial charge in [-0.3, -0.25) is 9.69 Å². The van der Waals surface area contributed by atoms with Gasteiger partial charge in [-0.1, -0.05) is 17.7 Å². The topological polar surface area (TPSA) is 38.8 Å². The van der Waals surface area contributed by atoms with E-state index in [-0.39, 0.29) is 12.1 Å². The molecule has 98 valence electrons. The molecule has 1 rings (SSSR count). The number of hydrogen-bond acceptors (Lipinski definition) is 4. The summed E-state index contributed by atoms with van der Waals surface area (Å²) in [6, 6.07) is 0. The number of carbonyl (C=O) groups excluding carboxylic acids is 1. The molecule has 0 aromatic carbocycles. The lowest BCUT2D eigenvalue weighted by molar-refractivity contribution is -0.141. The number of ether oxygens (including phenoxy) is 2. The molecule has 1 fully saturated rings. The van der Waals surface area contributed by atoms with Crippen LogP contribution in [-0.4, -0.2) is 50.3 Å². The number of hydrogen-bond donors (Lipinski definition) is 0. The van der Waals surface area contributed by atoms with Gasteiger partial charge in [0.05, 0.1) is 19.6 Å². The number of carbonyl (C=O) groups is 1. The third-order valence-corrected chi connectivity index (χ3v) is 2.98. The second kappa shape index (κ2) is 8.50. The van der Waals surface area contributed by atoms with Gasteiger partial charge in [-0.15, -0.1) is 0 Å². The van der Waals surface area contributed by atoms with Gasteiger partial charge in [-0.2, -0.15) is 0 Å². The highest BCUT2D eigenvalue weighted by Crippen LogP contribution is 2.13. The summed E-state index contributed by atoms with van der Waals surface area (Å²) in [4.78, 5) is 13.3. The van der Waals surface area contributed by atoms with Crippen molar-refractivity contribution >= 4 is 17.6 Å². The molecule has 0 aromatic heterocycles. The number of rotatable bonds is 7. The van der Waals surface area contributed by atoms with Crippen molar-refractivity contribution in [1.82, 2.24) is 4.90 Å². The number of esters is 1. The molecule has 1 saturated heterocycles. The highest BCUT2D eigenvalue weighted by Gasteiger charge is 2.19. The van der Waals surface area contributed by atoms with Gasteiger partial charge in [-0.05, 0) is 12.8 Å². The molecule has 0 aliphatic carbocycles. The molecule has 4 nitrogen and oxygen atoms in total. The average Bonchev–Trinajstić information content (AvgIpc) is 2.84. The maximum atomic E-state index is 11.1. The van der Waals surface area contributed by atoms with E-state index in [9.17, 15) is 4.79 Å². The first-order valence-corrected chi connectivity index (χ1v) is 6.36. The molecular weight excluding hydrogens is 242 g/mol. The molecule has 17 heavy (non-hydrogen) atoms. The van der Waals surface area contributed by atoms with Crippen LogP contribution in [0.1, 0.15) is 19.3 Å². The highest BCUT2D eigenvalue weighted by atomic mass is 35.5. The number of methoxy groups -OCH3 is 1. The lowest BCUT2D eigenvalue weighted by Gasteiger charge is -2.23. The number of nitrogens with zero attached hydrogens (tertiary/aromatic N) is 1. The van der Waals surface area contributed by atoms with Gasteiger partial charge < -0.3 is 9.47 Å². The molecule has 0 bridgehead atoms. The molecule has 1 heterocycles. The van der Waals surface area contributed by atoms with Crippen LogP contribution in [0.15, 0.2) is 11.6 Å². The van der Waals surface area contributed by atoms with E-state index in [4.69, 9.17) is 16.3 Å². The Morgan fingerprint density at radius 1 is 1.65 bits per heavy atom.